The molecule has 0 unspecified atom stereocenters. The van der Waals surface area contributed by atoms with E-state index >= 15 is 0 Å². The van der Waals surface area contributed by atoms with Crippen molar-refractivity contribution in [3.63, 3.8) is 0 Å². The van der Waals surface area contributed by atoms with E-state index in [2.05, 4.69) is 0 Å². The van der Waals surface area contributed by atoms with E-state index in [0.29, 0.717) is 5.56 Å². The van der Waals surface area contributed by atoms with Crippen LogP contribution >= 0.6 is 0 Å². The minimum atomic E-state index is -1.58. The Morgan fingerprint density at radius 3 is 2.21 bits per heavy atom. The Balaban J connectivity index is 1.92. The van der Waals surface area contributed by atoms with Crippen molar-refractivity contribution in [2.24, 2.45) is 0 Å². The first-order valence-electron chi connectivity index (χ1n) is 7.42. The van der Waals surface area contributed by atoms with E-state index < -0.39 is 56.1 Å². The number of hydrogen-bond donors (Lipinski definition) is 7. The molecule has 1 saturated heterocycles. The lowest BCUT2D eigenvalue weighted by Crippen LogP contribution is -2.59. The summed E-state index contributed by atoms with van der Waals surface area (Å²) in [6.07, 6.45) is -9.86. The highest BCUT2D eigenvalue weighted by atomic mass is 16.7. The van der Waals surface area contributed by atoms with Gasteiger partial charge in [-0.25, -0.2) is 0 Å². The zero-order chi connectivity index (χ0) is 17.9. The third kappa shape index (κ3) is 4.21. The van der Waals surface area contributed by atoms with Crippen molar-refractivity contribution in [2.45, 2.75) is 42.9 Å². The molecule has 24 heavy (non-hydrogen) atoms. The quantitative estimate of drug-likeness (QED) is 0.298. The third-order valence-corrected chi connectivity index (χ3v) is 3.88. The Hall–Kier alpha value is -1.30. The molecule has 9 heteroatoms. The number of phenolic OH excluding ortho intramolecular Hbond substituents is 1. The summed E-state index contributed by atoms with van der Waals surface area (Å²) in [5, 5.41) is 67.4. The lowest BCUT2D eigenvalue weighted by molar-refractivity contribution is -0.306. The van der Waals surface area contributed by atoms with Crippen LogP contribution in [0.2, 0.25) is 0 Å². The van der Waals surface area contributed by atoms with Crippen LogP contribution in [0.1, 0.15) is 11.7 Å². The summed E-state index contributed by atoms with van der Waals surface area (Å²) in [5.41, 5.74) is 0.345. The summed E-state index contributed by atoms with van der Waals surface area (Å²) >= 11 is 0. The van der Waals surface area contributed by atoms with Crippen LogP contribution in [0.15, 0.2) is 24.3 Å². The van der Waals surface area contributed by atoms with Crippen LogP contribution in [0.4, 0.5) is 0 Å². The Labute approximate surface area is 137 Å². The predicted octanol–water partition coefficient (Wildman–Crippen LogP) is -2.40. The fourth-order valence-electron chi connectivity index (χ4n) is 2.38. The summed E-state index contributed by atoms with van der Waals surface area (Å²) in [5.74, 6) is 0.0120. The summed E-state index contributed by atoms with van der Waals surface area (Å²) in [7, 11) is 0. The van der Waals surface area contributed by atoms with Gasteiger partial charge in [0.2, 0.25) is 0 Å². The molecule has 1 fully saturated rings. The van der Waals surface area contributed by atoms with E-state index in [0.717, 1.165) is 0 Å². The molecule has 0 amide bonds. The van der Waals surface area contributed by atoms with Gasteiger partial charge in [0, 0.05) is 0 Å². The molecule has 7 N–H and O–H groups in total. The predicted molar refractivity (Wildman–Crippen MR) is 78.8 cm³/mol. The van der Waals surface area contributed by atoms with E-state index in [1.165, 1.54) is 24.3 Å². The van der Waals surface area contributed by atoms with E-state index in [1.54, 1.807) is 0 Å². The molecular formula is C15H22O9. The summed E-state index contributed by atoms with van der Waals surface area (Å²) in [4.78, 5) is 0. The number of benzene rings is 1. The largest absolute Gasteiger partial charge is 0.508 e. The van der Waals surface area contributed by atoms with Crippen molar-refractivity contribution in [3.8, 4) is 5.75 Å². The van der Waals surface area contributed by atoms with Gasteiger partial charge in [-0.2, -0.15) is 0 Å². The van der Waals surface area contributed by atoms with Crippen LogP contribution in [-0.2, 0) is 9.47 Å². The normalized spacial score (nSPS) is 33.2. The molecule has 1 aromatic rings. The van der Waals surface area contributed by atoms with Crippen molar-refractivity contribution in [2.75, 3.05) is 13.2 Å². The fraction of sp³-hybridized carbons (Fsp3) is 0.600. The molecular weight excluding hydrogens is 324 g/mol. The van der Waals surface area contributed by atoms with Crippen molar-refractivity contribution in [1.82, 2.24) is 0 Å². The first-order chi connectivity index (χ1) is 11.3. The molecule has 1 aliphatic heterocycles. The number of rotatable bonds is 6. The molecule has 9 nitrogen and oxygen atoms in total. The zero-order valence-electron chi connectivity index (χ0n) is 12.7. The Bertz CT molecular complexity index is 506. The van der Waals surface area contributed by atoms with Gasteiger partial charge < -0.3 is 45.2 Å². The maximum Gasteiger partial charge on any atom is 0.186 e. The highest BCUT2D eigenvalue weighted by Crippen LogP contribution is 2.24. The third-order valence-electron chi connectivity index (χ3n) is 3.88. The Morgan fingerprint density at radius 1 is 1.00 bits per heavy atom. The molecule has 1 aliphatic rings. The van der Waals surface area contributed by atoms with Gasteiger partial charge in [-0.05, 0) is 17.7 Å². The summed E-state index contributed by atoms with van der Waals surface area (Å²) in [6, 6.07) is 5.56. The van der Waals surface area contributed by atoms with Crippen LogP contribution in [0.5, 0.6) is 5.75 Å². The second-order valence-electron chi connectivity index (χ2n) is 5.63. The maximum absolute atomic E-state index is 10.0. The SMILES string of the molecule is OC[C@H]1O[C@@H](OC[C@@H](O)[C@@H](O)c2ccc(O)cc2)[C@H](O)[C@@H](O)[C@@H]1O. The Morgan fingerprint density at radius 2 is 1.62 bits per heavy atom. The first kappa shape index (κ1) is 19.0. The minimum Gasteiger partial charge on any atom is -0.508 e. The van der Waals surface area contributed by atoms with Crippen LogP contribution in [0.3, 0.4) is 0 Å². The van der Waals surface area contributed by atoms with Crippen molar-refractivity contribution in [1.29, 1.82) is 0 Å². The number of aliphatic hydroxyl groups excluding tert-OH is 6. The number of hydrogen-bond acceptors (Lipinski definition) is 9. The van der Waals surface area contributed by atoms with E-state index in [9.17, 15) is 30.6 Å². The highest BCUT2D eigenvalue weighted by molar-refractivity contribution is 5.27. The van der Waals surface area contributed by atoms with Gasteiger partial charge in [0.1, 0.15) is 42.4 Å². The number of aliphatic hydroxyl groups is 6. The number of ether oxygens (including phenoxy) is 2. The second kappa shape index (κ2) is 8.19. The molecule has 0 saturated carbocycles. The molecule has 7 atom stereocenters. The van der Waals surface area contributed by atoms with Crippen LogP contribution in [0, 0.1) is 0 Å². The van der Waals surface area contributed by atoms with Gasteiger partial charge in [-0.3, -0.25) is 0 Å². The fourth-order valence-corrected chi connectivity index (χ4v) is 2.38. The van der Waals surface area contributed by atoms with Gasteiger partial charge in [0.15, 0.2) is 6.29 Å². The van der Waals surface area contributed by atoms with Gasteiger partial charge >= 0.3 is 0 Å². The summed E-state index contributed by atoms with van der Waals surface area (Å²) < 4.78 is 10.3. The molecule has 0 radical (unpaired) electrons. The monoisotopic (exact) mass is 346 g/mol. The smallest absolute Gasteiger partial charge is 0.186 e. The molecule has 1 heterocycles. The first-order valence-corrected chi connectivity index (χ1v) is 7.42. The highest BCUT2D eigenvalue weighted by Gasteiger charge is 2.44. The van der Waals surface area contributed by atoms with Gasteiger partial charge in [0.25, 0.3) is 0 Å². The molecule has 0 aliphatic carbocycles. The average Bonchev–Trinajstić information content (AvgIpc) is 2.59. The van der Waals surface area contributed by atoms with Crippen molar-refractivity contribution >= 4 is 0 Å². The number of aromatic hydroxyl groups is 1. The van der Waals surface area contributed by atoms with Crippen LogP contribution in [-0.4, -0.2) is 85.8 Å². The average molecular weight is 346 g/mol. The van der Waals surface area contributed by atoms with Crippen molar-refractivity contribution < 1.29 is 45.2 Å². The molecule has 2 rings (SSSR count). The van der Waals surface area contributed by atoms with E-state index in [4.69, 9.17) is 14.6 Å². The van der Waals surface area contributed by atoms with Crippen LogP contribution in [0.25, 0.3) is 0 Å². The molecule has 0 bridgehead atoms. The standard InChI is InChI=1S/C15H22O9/c16-5-10-12(20)13(21)14(22)15(24-10)23-6-9(18)11(19)7-1-3-8(17)4-2-7/h1-4,9-22H,5-6H2/t9-,10-,11+,12-,13+,14-,15-/m1/s1. The zero-order valence-corrected chi connectivity index (χ0v) is 12.7. The molecule has 0 aromatic heterocycles. The lowest BCUT2D eigenvalue weighted by Gasteiger charge is -2.39. The molecule has 0 spiro atoms. The van der Waals surface area contributed by atoms with E-state index in [-0.39, 0.29) is 5.75 Å². The van der Waals surface area contributed by atoms with E-state index in [1.807, 2.05) is 0 Å². The van der Waals surface area contributed by atoms with Gasteiger partial charge in [-0.1, -0.05) is 12.1 Å². The molecule has 136 valence electrons. The summed E-state index contributed by atoms with van der Waals surface area (Å²) in [6.45, 7) is -1.03. The van der Waals surface area contributed by atoms with Gasteiger partial charge in [0.05, 0.1) is 13.2 Å². The molecule has 1 aromatic carbocycles. The lowest BCUT2D eigenvalue weighted by atomic mass is 9.99. The minimum absolute atomic E-state index is 0.0120. The van der Waals surface area contributed by atoms with Crippen LogP contribution < -0.4 is 0 Å². The van der Waals surface area contributed by atoms with Gasteiger partial charge in [-0.15, -0.1) is 0 Å². The Kier molecular flexibility index (Phi) is 6.49. The number of phenols is 1. The van der Waals surface area contributed by atoms with Crippen molar-refractivity contribution in [3.05, 3.63) is 29.8 Å². The maximum atomic E-state index is 10.0. The topological polar surface area (TPSA) is 160 Å². The second-order valence-corrected chi connectivity index (χ2v) is 5.63.